The molecule has 0 unspecified atom stereocenters. The number of rotatable bonds is 4. The number of methoxy groups -OCH3 is 3. The summed E-state index contributed by atoms with van der Waals surface area (Å²) in [6.07, 6.45) is -0.289. The Morgan fingerprint density at radius 2 is 1.91 bits per heavy atom. The lowest BCUT2D eigenvalue weighted by Crippen LogP contribution is -2.33. The van der Waals surface area contributed by atoms with E-state index in [9.17, 15) is 0 Å². The number of hydrogen-bond acceptors (Lipinski definition) is 4. The van der Waals surface area contributed by atoms with E-state index in [1.807, 2.05) is 0 Å². The Morgan fingerprint density at radius 3 is 2.27 bits per heavy atom. The van der Waals surface area contributed by atoms with E-state index in [1.165, 1.54) is 7.11 Å². The minimum atomic E-state index is -0.289. The van der Waals surface area contributed by atoms with Crippen molar-refractivity contribution >= 4 is 17.4 Å². The van der Waals surface area contributed by atoms with Gasteiger partial charge in [0.1, 0.15) is 0 Å². The predicted molar refractivity (Wildman–Crippen MR) is 45.4 cm³/mol. The van der Waals surface area contributed by atoms with Crippen LogP contribution in [0.3, 0.4) is 0 Å². The molecule has 0 atom stereocenters. The highest BCUT2D eigenvalue weighted by Gasteiger charge is 2.04. The predicted octanol–water partition coefficient (Wildman–Crippen LogP) is 0.126. The van der Waals surface area contributed by atoms with Gasteiger partial charge in [0, 0.05) is 14.2 Å². The Labute approximate surface area is 71.8 Å². The molecule has 0 amide bonds. The number of thiocarbonyl (C=S) groups is 1. The zero-order valence-electron chi connectivity index (χ0n) is 6.92. The maximum atomic E-state index is 4.89. The van der Waals surface area contributed by atoms with Gasteiger partial charge in [-0.1, -0.05) is 0 Å². The van der Waals surface area contributed by atoms with Crippen LogP contribution in [0.25, 0.3) is 0 Å². The van der Waals surface area contributed by atoms with Gasteiger partial charge in [0.05, 0.1) is 13.7 Å². The van der Waals surface area contributed by atoms with Crippen LogP contribution in [0.4, 0.5) is 0 Å². The van der Waals surface area contributed by atoms with Gasteiger partial charge in [-0.05, 0) is 12.2 Å². The summed E-state index contributed by atoms with van der Waals surface area (Å²) in [6, 6.07) is 0. The SMILES string of the molecule is COC(=S)NCC(OC)OC. The van der Waals surface area contributed by atoms with Gasteiger partial charge < -0.3 is 19.5 Å². The summed E-state index contributed by atoms with van der Waals surface area (Å²) in [4.78, 5) is 0. The summed E-state index contributed by atoms with van der Waals surface area (Å²) < 4.78 is 14.5. The molecule has 0 bridgehead atoms. The van der Waals surface area contributed by atoms with Crippen molar-refractivity contribution in [3.63, 3.8) is 0 Å². The number of ether oxygens (including phenoxy) is 3. The monoisotopic (exact) mass is 179 g/mol. The lowest BCUT2D eigenvalue weighted by atomic mass is 10.6. The van der Waals surface area contributed by atoms with Crippen molar-refractivity contribution in [2.75, 3.05) is 27.9 Å². The largest absolute Gasteiger partial charge is 0.474 e. The van der Waals surface area contributed by atoms with Crippen LogP contribution in [0.1, 0.15) is 0 Å². The summed E-state index contributed by atoms with van der Waals surface area (Å²) in [5.41, 5.74) is 0. The first kappa shape index (κ1) is 10.6. The molecule has 0 aromatic heterocycles. The molecule has 1 N–H and O–H groups in total. The lowest BCUT2D eigenvalue weighted by Gasteiger charge is -2.14. The first-order chi connectivity index (χ1) is 5.24. The van der Waals surface area contributed by atoms with Crippen LogP contribution in [-0.4, -0.2) is 39.3 Å². The average Bonchev–Trinajstić information content (AvgIpc) is 2.06. The number of nitrogens with one attached hydrogen (secondary N) is 1. The molecule has 0 spiro atoms. The summed E-state index contributed by atoms with van der Waals surface area (Å²) in [5, 5.41) is 3.13. The van der Waals surface area contributed by atoms with E-state index in [2.05, 4.69) is 5.32 Å². The fraction of sp³-hybridized carbons (Fsp3) is 0.833. The molecular formula is C6H13NO3S. The molecule has 0 radical (unpaired) electrons. The van der Waals surface area contributed by atoms with E-state index >= 15 is 0 Å². The van der Waals surface area contributed by atoms with Crippen LogP contribution in [0, 0.1) is 0 Å². The third-order valence-corrected chi connectivity index (χ3v) is 1.44. The fourth-order valence-corrected chi connectivity index (χ4v) is 0.585. The first-order valence-electron chi connectivity index (χ1n) is 3.12. The average molecular weight is 179 g/mol. The van der Waals surface area contributed by atoms with Crippen LogP contribution in [0.5, 0.6) is 0 Å². The van der Waals surface area contributed by atoms with Crippen LogP contribution < -0.4 is 5.32 Å². The van der Waals surface area contributed by atoms with E-state index in [1.54, 1.807) is 14.2 Å². The standard InChI is InChI=1S/C6H13NO3S/c1-8-5(9-2)4-7-6(11)10-3/h5H,4H2,1-3H3,(H,7,11). The molecule has 5 heteroatoms. The van der Waals surface area contributed by atoms with Gasteiger partial charge in [0.25, 0.3) is 5.17 Å². The van der Waals surface area contributed by atoms with Gasteiger partial charge in [0.15, 0.2) is 6.29 Å². The zero-order valence-corrected chi connectivity index (χ0v) is 7.73. The normalized spacial score (nSPS) is 9.82. The van der Waals surface area contributed by atoms with Crippen molar-refractivity contribution in [3.8, 4) is 0 Å². The van der Waals surface area contributed by atoms with Crippen LogP contribution in [0.2, 0.25) is 0 Å². The second-order valence-corrected chi connectivity index (χ2v) is 2.14. The van der Waals surface area contributed by atoms with Crippen molar-refractivity contribution in [2.24, 2.45) is 0 Å². The van der Waals surface area contributed by atoms with Crippen LogP contribution in [0.15, 0.2) is 0 Å². The van der Waals surface area contributed by atoms with E-state index in [0.717, 1.165) is 0 Å². The summed E-state index contributed by atoms with van der Waals surface area (Å²) in [6.45, 7) is 0.486. The van der Waals surface area contributed by atoms with Crippen molar-refractivity contribution in [1.82, 2.24) is 5.32 Å². The fourth-order valence-electron chi connectivity index (χ4n) is 0.502. The van der Waals surface area contributed by atoms with Gasteiger partial charge in [-0.25, -0.2) is 0 Å². The summed E-state index contributed by atoms with van der Waals surface area (Å²) >= 11 is 4.73. The molecule has 0 heterocycles. The first-order valence-corrected chi connectivity index (χ1v) is 3.52. The molecule has 0 aliphatic heterocycles. The number of hydrogen-bond donors (Lipinski definition) is 1. The van der Waals surface area contributed by atoms with E-state index in [0.29, 0.717) is 11.7 Å². The van der Waals surface area contributed by atoms with Gasteiger partial charge in [-0.3, -0.25) is 0 Å². The Bertz CT molecular complexity index is 116. The third kappa shape index (κ3) is 4.94. The molecule has 0 rings (SSSR count). The molecule has 0 aliphatic carbocycles. The second-order valence-electron chi connectivity index (χ2n) is 1.77. The van der Waals surface area contributed by atoms with E-state index in [4.69, 9.17) is 26.4 Å². The van der Waals surface area contributed by atoms with Crippen molar-refractivity contribution in [3.05, 3.63) is 0 Å². The molecule has 66 valence electrons. The van der Waals surface area contributed by atoms with Crippen molar-refractivity contribution in [1.29, 1.82) is 0 Å². The molecule has 4 nitrogen and oxygen atoms in total. The molecule has 11 heavy (non-hydrogen) atoms. The molecule has 0 fully saturated rings. The van der Waals surface area contributed by atoms with Gasteiger partial charge >= 0.3 is 0 Å². The Hall–Kier alpha value is -0.390. The maximum Gasteiger partial charge on any atom is 0.256 e. The van der Waals surface area contributed by atoms with Gasteiger partial charge in [0.2, 0.25) is 0 Å². The highest BCUT2D eigenvalue weighted by atomic mass is 32.1. The maximum absolute atomic E-state index is 4.89. The Morgan fingerprint density at radius 1 is 1.36 bits per heavy atom. The highest BCUT2D eigenvalue weighted by molar-refractivity contribution is 7.80. The molecule has 0 saturated heterocycles. The Kier molecular flexibility index (Phi) is 6.10. The van der Waals surface area contributed by atoms with Gasteiger partial charge in [-0.2, -0.15) is 0 Å². The summed E-state index contributed by atoms with van der Waals surface area (Å²) in [7, 11) is 4.63. The van der Waals surface area contributed by atoms with E-state index < -0.39 is 0 Å². The lowest BCUT2D eigenvalue weighted by molar-refractivity contribution is -0.0969. The van der Waals surface area contributed by atoms with Crippen LogP contribution in [-0.2, 0) is 14.2 Å². The van der Waals surface area contributed by atoms with Gasteiger partial charge in [-0.15, -0.1) is 0 Å². The molecule has 0 aliphatic rings. The smallest absolute Gasteiger partial charge is 0.256 e. The third-order valence-electron chi connectivity index (χ3n) is 1.12. The minimum Gasteiger partial charge on any atom is -0.474 e. The molecular weight excluding hydrogens is 166 g/mol. The van der Waals surface area contributed by atoms with Crippen molar-refractivity contribution < 1.29 is 14.2 Å². The topological polar surface area (TPSA) is 39.7 Å². The van der Waals surface area contributed by atoms with Crippen molar-refractivity contribution in [2.45, 2.75) is 6.29 Å². The quantitative estimate of drug-likeness (QED) is 0.490. The van der Waals surface area contributed by atoms with E-state index in [-0.39, 0.29) is 6.29 Å². The van der Waals surface area contributed by atoms with Crippen LogP contribution >= 0.6 is 12.2 Å². The molecule has 0 saturated carbocycles. The zero-order chi connectivity index (χ0) is 8.69. The second kappa shape index (κ2) is 6.33. The molecule has 0 aromatic rings. The Balaban J connectivity index is 3.42. The molecule has 0 aromatic carbocycles. The minimum absolute atomic E-state index is 0.289. The highest BCUT2D eigenvalue weighted by Crippen LogP contribution is 1.87. The summed E-state index contributed by atoms with van der Waals surface area (Å²) in [5.74, 6) is 0.